The first-order valence-electron chi connectivity index (χ1n) is 7.60. The third-order valence-corrected chi connectivity index (χ3v) is 4.26. The summed E-state index contributed by atoms with van der Waals surface area (Å²) >= 11 is 0. The number of rotatable bonds is 6. The van der Waals surface area contributed by atoms with E-state index in [1.807, 2.05) is 25.6 Å². The number of hydrogen-bond acceptors (Lipinski definition) is 4. The van der Waals surface area contributed by atoms with Crippen LogP contribution in [-0.2, 0) is 0 Å². The molecule has 2 aromatic heterocycles. The molecule has 2 aliphatic rings. The minimum atomic E-state index is 0.865. The Hall–Kier alpha value is -1.78. The summed E-state index contributed by atoms with van der Waals surface area (Å²) in [5.41, 5.74) is 0.977. The molecule has 0 saturated heterocycles. The summed E-state index contributed by atoms with van der Waals surface area (Å²) in [6.07, 6.45) is 11.3. The Morgan fingerprint density at radius 3 is 2.55 bits per heavy atom. The lowest BCUT2D eigenvalue weighted by Crippen LogP contribution is -2.29. The van der Waals surface area contributed by atoms with Crippen LogP contribution in [0.5, 0.6) is 0 Å². The summed E-state index contributed by atoms with van der Waals surface area (Å²) in [6, 6.07) is 0. The van der Waals surface area contributed by atoms with Gasteiger partial charge in [0.05, 0.1) is 6.20 Å². The predicted octanol–water partition coefficient (Wildman–Crippen LogP) is 2.40. The summed E-state index contributed by atoms with van der Waals surface area (Å²) < 4.78 is 2.07. The normalized spacial score (nSPS) is 18.4. The highest BCUT2D eigenvalue weighted by molar-refractivity contribution is 5.67. The van der Waals surface area contributed by atoms with Crippen molar-refractivity contribution in [3.8, 4) is 0 Å². The molecule has 106 valence electrons. The van der Waals surface area contributed by atoms with Gasteiger partial charge < -0.3 is 14.6 Å². The summed E-state index contributed by atoms with van der Waals surface area (Å²) in [5.74, 6) is 3.68. The molecule has 4 rings (SSSR count). The van der Waals surface area contributed by atoms with Crippen LogP contribution in [0.2, 0.25) is 0 Å². The highest BCUT2D eigenvalue weighted by atomic mass is 15.2. The van der Waals surface area contributed by atoms with Crippen molar-refractivity contribution < 1.29 is 0 Å². The molecule has 20 heavy (non-hydrogen) atoms. The van der Waals surface area contributed by atoms with Crippen molar-refractivity contribution >= 4 is 17.3 Å². The van der Waals surface area contributed by atoms with Crippen LogP contribution >= 0.6 is 0 Å². The van der Waals surface area contributed by atoms with Crippen LogP contribution in [0.25, 0.3) is 5.65 Å². The predicted molar refractivity (Wildman–Crippen MR) is 80.2 cm³/mol. The molecule has 2 saturated carbocycles. The van der Waals surface area contributed by atoms with Crippen molar-refractivity contribution in [2.45, 2.75) is 25.7 Å². The van der Waals surface area contributed by atoms with Gasteiger partial charge in [0.1, 0.15) is 5.82 Å². The lowest BCUT2D eigenvalue weighted by atomic mass is 10.3. The smallest absolute Gasteiger partial charge is 0.180 e. The Morgan fingerprint density at radius 1 is 1.25 bits per heavy atom. The van der Waals surface area contributed by atoms with Gasteiger partial charge in [-0.15, -0.1) is 0 Å². The first-order chi connectivity index (χ1) is 9.83. The SMILES string of the molecule is CNc1cn2ccnc2c(N(CC2CC2)CC2CC2)n1. The van der Waals surface area contributed by atoms with E-state index in [2.05, 4.69) is 19.6 Å². The van der Waals surface area contributed by atoms with E-state index in [1.54, 1.807) is 0 Å². The number of nitrogens with zero attached hydrogens (tertiary/aromatic N) is 4. The van der Waals surface area contributed by atoms with Crippen LogP contribution < -0.4 is 10.2 Å². The van der Waals surface area contributed by atoms with E-state index in [1.165, 1.54) is 25.7 Å². The van der Waals surface area contributed by atoms with E-state index in [0.717, 1.165) is 42.2 Å². The van der Waals surface area contributed by atoms with E-state index in [0.29, 0.717) is 0 Å². The molecular formula is C15H21N5. The average molecular weight is 271 g/mol. The maximum absolute atomic E-state index is 4.79. The van der Waals surface area contributed by atoms with Gasteiger partial charge in [-0.1, -0.05) is 0 Å². The fraction of sp³-hybridized carbons (Fsp3) is 0.600. The Balaban J connectivity index is 1.73. The lowest BCUT2D eigenvalue weighted by Gasteiger charge is -2.24. The summed E-state index contributed by atoms with van der Waals surface area (Å²) in [7, 11) is 1.92. The van der Waals surface area contributed by atoms with Gasteiger partial charge in [-0.2, -0.15) is 0 Å². The Kier molecular flexibility index (Phi) is 2.79. The van der Waals surface area contributed by atoms with Crippen molar-refractivity contribution in [2.75, 3.05) is 30.4 Å². The van der Waals surface area contributed by atoms with Crippen molar-refractivity contribution in [1.82, 2.24) is 14.4 Å². The van der Waals surface area contributed by atoms with Crippen LogP contribution in [0.1, 0.15) is 25.7 Å². The second-order valence-electron chi connectivity index (χ2n) is 6.15. The van der Waals surface area contributed by atoms with Crippen LogP contribution in [0.3, 0.4) is 0 Å². The van der Waals surface area contributed by atoms with E-state index in [-0.39, 0.29) is 0 Å². The van der Waals surface area contributed by atoms with Crippen LogP contribution in [0.4, 0.5) is 11.6 Å². The summed E-state index contributed by atoms with van der Waals surface area (Å²) in [6.45, 7) is 2.28. The van der Waals surface area contributed by atoms with E-state index in [4.69, 9.17) is 4.98 Å². The van der Waals surface area contributed by atoms with Gasteiger partial charge in [0.15, 0.2) is 11.5 Å². The highest BCUT2D eigenvalue weighted by Crippen LogP contribution is 2.36. The third kappa shape index (κ3) is 2.32. The number of anilines is 2. The van der Waals surface area contributed by atoms with E-state index < -0.39 is 0 Å². The Bertz CT molecular complexity index is 598. The molecular weight excluding hydrogens is 250 g/mol. The second kappa shape index (κ2) is 4.65. The summed E-state index contributed by atoms with van der Waals surface area (Å²) in [4.78, 5) is 11.8. The lowest BCUT2D eigenvalue weighted by molar-refractivity contribution is 0.672. The number of hydrogen-bond donors (Lipinski definition) is 1. The maximum Gasteiger partial charge on any atom is 0.180 e. The molecule has 2 aromatic rings. The molecule has 0 spiro atoms. The minimum absolute atomic E-state index is 0.865. The van der Waals surface area contributed by atoms with Crippen LogP contribution in [0.15, 0.2) is 18.6 Å². The molecule has 0 amide bonds. The molecule has 0 aliphatic heterocycles. The topological polar surface area (TPSA) is 45.5 Å². The van der Waals surface area contributed by atoms with Gasteiger partial charge >= 0.3 is 0 Å². The highest BCUT2D eigenvalue weighted by Gasteiger charge is 2.31. The fourth-order valence-electron chi connectivity index (χ4n) is 2.72. The van der Waals surface area contributed by atoms with E-state index in [9.17, 15) is 0 Å². The largest absolute Gasteiger partial charge is 0.372 e. The fourth-order valence-corrected chi connectivity index (χ4v) is 2.72. The maximum atomic E-state index is 4.79. The monoisotopic (exact) mass is 271 g/mol. The zero-order valence-electron chi connectivity index (χ0n) is 11.9. The quantitative estimate of drug-likeness (QED) is 0.876. The summed E-state index contributed by atoms with van der Waals surface area (Å²) in [5, 5.41) is 3.16. The molecule has 2 heterocycles. The Morgan fingerprint density at radius 2 is 1.95 bits per heavy atom. The van der Waals surface area contributed by atoms with Crippen molar-refractivity contribution in [2.24, 2.45) is 11.8 Å². The average Bonchev–Trinajstić information content (AvgIpc) is 3.38. The number of fused-ring (bicyclic) bond motifs is 1. The van der Waals surface area contributed by atoms with Gasteiger partial charge in [0, 0.05) is 32.5 Å². The molecule has 1 N–H and O–H groups in total. The van der Waals surface area contributed by atoms with Crippen molar-refractivity contribution in [3.63, 3.8) is 0 Å². The Labute approximate surface area is 119 Å². The zero-order chi connectivity index (χ0) is 13.5. The molecule has 2 aliphatic carbocycles. The van der Waals surface area contributed by atoms with Gasteiger partial charge in [0.2, 0.25) is 0 Å². The van der Waals surface area contributed by atoms with Crippen LogP contribution in [0, 0.1) is 11.8 Å². The van der Waals surface area contributed by atoms with Gasteiger partial charge in [-0.05, 0) is 37.5 Å². The molecule has 5 heteroatoms. The van der Waals surface area contributed by atoms with Crippen LogP contribution in [-0.4, -0.2) is 34.5 Å². The molecule has 0 aromatic carbocycles. The molecule has 2 fully saturated rings. The second-order valence-corrected chi connectivity index (χ2v) is 6.15. The molecule has 0 atom stereocenters. The van der Waals surface area contributed by atoms with Gasteiger partial charge in [0.25, 0.3) is 0 Å². The number of aromatic nitrogens is 3. The number of nitrogens with one attached hydrogen (secondary N) is 1. The first-order valence-corrected chi connectivity index (χ1v) is 7.60. The van der Waals surface area contributed by atoms with Gasteiger partial charge in [-0.3, -0.25) is 0 Å². The molecule has 5 nitrogen and oxygen atoms in total. The molecule has 0 radical (unpaired) electrons. The van der Waals surface area contributed by atoms with Gasteiger partial charge in [-0.25, -0.2) is 9.97 Å². The van der Waals surface area contributed by atoms with E-state index >= 15 is 0 Å². The molecule has 0 bridgehead atoms. The van der Waals surface area contributed by atoms with Crippen molar-refractivity contribution in [3.05, 3.63) is 18.6 Å². The van der Waals surface area contributed by atoms with Crippen molar-refractivity contribution in [1.29, 1.82) is 0 Å². The number of imidazole rings is 1. The third-order valence-electron chi connectivity index (χ3n) is 4.26. The minimum Gasteiger partial charge on any atom is -0.372 e. The zero-order valence-corrected chi connectivity index (χ0v) is 11.9. The standard InChI is InChI=1S/C15H21N5/c1-16-13-10-19-7-6-17-14(19)15(18-13)20(8-11-2-3-11)9-12-4-5-12/h6-7,10-12,16H,2-5,8-9H2,1H3. The first kappa shape index (κ1) is 12.0. The molecule has 0 unspecified atom stereocenters.